The fourth-order valence-corrected chi connectivity index (χ4v) is 1.56. The van der Waals surface area contributed by atoms with Gasteiger partial charge in [0.05, 0.1) is 6.04 Å². The number of ether oxygens (including phenoxy) is 1. The summed E-state index contributed by atoms with van der Waals surface area (Å²) in [4.78, 5) is 23.3. The summed E-state index contributed by atoms with van der Waals surface area (Å²) in [7, 11) is 0. The van der Waals surface area contributed by atoms with Crippen molar-refractivity contribution in [1.82, 2.24) is 10.6 Å². The van der Waals surface area contributed by atoms with Crippen molar-refractivity contribution in [3.05, 3.63) is 0 Å². The zero-order chi connectivity index (χ0) is 14.6. The van der Waals surface area contributed by atoms with E-state index in [0.717, 1.165) is 12.8 Å². The number of nitrogens with one attached hydrogen (secondary N) is 2. The molecule has 2 amide bonds. The number of aliphatic hydroxyl groups excluding tert-OH is 1. The van der Waals surface area contributed by atoms with Gasteiger partial charge in [0.1, 0.15) is 5.60 Å². The number of hydrogen-bond acceptors (Lipinski definition) is 4. The maximum atomic E-state index is 11.7. The molecule has 0 aromatic carbocycles. The van der Waals surface area contributed by atoms with E-state index in [-0.39, 0.29) is 6.04 Å². The van der Waals surface area contributed by atoms with Gasteiger partial charge in [0.25, 0.3) is 5.91 Å². The average Bonchev–Trinajstić information content (AvgIpc) is 3.06. The van der Waals surface area contributed by atoms with Gasteiger partial charge in [-0.15, -0.1) is 0 Å². The Morgan fingerprint density at radius 2 is 1.95 bits per heavy atom. The fraction of sp³-hybridized carbons (Fsp3) is 0.846. The molecule has 1 fully saturated rings. The summed E-state index contributed by atoms with van der Waals surface area (Å²) in [6, 6.07) is -0.463. The number of amides is 2. The van der Waals surface area contributed by atoms with E-state index in [2.05, 4.69) is 10.6 Å². The molecular formula is C13H24N2O4. The first-order valence-electron chi connectivity index (χ1n) is 6.71. The molecule has 2 atom stereocenters. The van der Waals surface area contributed by atoms with Crippen LogP contribution in [0.3, 0.4) is 0 Å². The highest BCUT2D eigenvalue weighted by molar-refractivity contribution is 5.82. The molecule has 6 heteroatoms. The first-order valence-corrected chi connectivity index (χ1v) is 6.71. The van der Waals surface area contributed by atoms with Crippen LogP contribution < -0.4 is 10.6 Å². The largest absolute Gasteiger partial charge is 0.444 e. The number of alkyl carbamates (subject to hydrolysis) is 1. The number of aliphatic hydroxyl groups is 1. The Morgan fingerprint density at radius 1 is 1.37 bits per heavy atom. The number of rotatable bonds is 5. The molecule has 0 saturated heterocycles. The summed E-state index contributed by atoms with van der Waals surface area (Å²) in [6.07, 6.45) is 0.470. The molecule has 0 aliphatic heterocycles. The van der Waals surface area contributed by atoms with Gasteiger partial charge in [-0.3, -0.25) is 4.79 Å². The van der Waals surface area contributed by atoms with E-state index < -0.39 is 29.7 Å². The van der Waals surface area contributed by atoms with E-state index in [0.29, 0.717) is 6.42 Å². The van der Waals surface area contributed by atoms with Gasteiger partial charge >= 0.3 is 6.09 Å². The fourth-order valence-electron chi connectivity index (χ4n) is 1.56. The highest BCUT2D eigenvalue weighted by Gasteiger charge is 2.31. The van der Waals surface area contributed by atoms with Crippen LogP contribution in [0.2, 0.25) is 0 Å². The van der Waals surface area contributed by atoms with Gasteiger partial charge in [0.2, 0.25) is 0 Å². The molecule has 1 aliphatic rings. The molecule has 0 aromatic heterocycles. The molecule has 0 radical (unpaired) electrons. The highest BCUT2D eigenvalue weighted by Crippen LogP contribution is 2.19. The van der Waals surface area contributed by atoms with E-state index in [4.69, 9.17) is 4.74 Å². The smallest absolute Gasteiger partial charge is 0.407 e. The van der Waals surface area contributed by atoms with Gasteiger partial charge in [-0.05, 0) is 40.0 Å². The van der Waals surface area contributed by atoms with Gasteiger partial charge in [0, 0.05) is 6.04 Å². The monoisotopic (exact) mass is 272 g/mol. The normalized spacial score (nSPS) is 18.4. The molecule has 0 heterocycles. The summed E-state index contributed by atoms with van der Waals surface area (Å²) < 4.78 is 5.10. The van der Waals surface area contributed by atoms with Gasteiger partial charge in [-0.2, -0.15) is 0 Å². The average molecular weight is 272 g/mol. The van der Waals surface area contributed by atoms with Crippen LogP contribution in [-0.2, 0) is 9.53 Å². The Morgan fingerprint density at radius 3 is 2.37 bits per heavy atom. The van der Waals surface area contributed by atoms with Crippen LogP contribution in [0.1, 0.15) is 47.0 Å². The molecule has 0 spiro atoms. The molecule has 3 N–H and O–H groups in total. The predicted octanol–water partition coefficient (Wildman–Crippen LogP) is 0.929. The SMILES string of the molecule is CC[C@H](NC(=O)OC(C)(C)C)C(O)C(=O)NC1CC1. The lowest BCUT2D eigenvalue weighted by Gasteiger charge is -2.25. The van der Waals surface area contributed by atoms with Crippen molar-refractivity contribution in [2.24, 2.45) is 0 Å². The zero-order valence-electron chi connectivity index (χ0n) is 12.0. The highest BCUT2D eigenvalue weighted by atomic mass is 16.6. The number of carbonyl (C=O) groups excluding carboxylic acids is 2. The summed E-state index contributed by atoms with van der Waals surface area (Å²) in [5.41, 5.74) is -0.608. The predicted molar refractivity (Wildman–Crippen MR) is 70.6 cm³/mol. The van der Waals surface area contributed by atoms with Crippen LogP contribution in [-0.4, -0.2) is 40.9 Å². The van der Waals surface area contributed by atoms with Crippen molar-refractivity contribution >= 4 is 12.0 Å². The van der Waals surface area contributed by atoms with Gasteiger partial charge in [0.15, 0.2) is 6.10 Å². The topological polar surface area (TPSA) is 87.7 Å². The van der Waals surface area contributed by atoms with Crippen LogP contribution in [0.5, 0.6) is 0 Å². The van der Waals surface area contributed by atoms with Crippen molar-refractivity contribution in [2.75, 3.05) is 0 Å². The van der Waals surface area contributed by atoms with E-state index in [9.17, 15) is 14.7 Å². The summed E-state index contributed by atoms with van der Waals surface area (Å²) in [5, 5.41) is 15.2. The molecule has 1 rings (SSSR count). The van der Waals surface area contributed by atoms with Crippen molar-refractivity contribution in [3.63, 3.8) is 0 Å². The minimum Gasteiger partial charge on any atom is -0.444 e. The van der Waals surface area contributed by atoms with Crippen molar-refractivity contribution in [2.45, 2.75) is 70.7 Å². The second-order valence-corrected chi connectivity index (χ2v) is 5.89. The molecule has 1 unspecified atom stereocenters. The molecule has 0 aromatic rings. The summed E-state index contributed by atoms with van der Waals surface area (Å²) >= 11 is 0. The number of carbonyl (C=O) groups is 2. The minimum atomic E-state index is -1.25. The van der Waals surface area contributed by atoms with Crippen LogP contribution in [0.4, 0.5) is 4.79 Å². The lowest BCUT2D eigenvalue weighted by atomic mass is 10.1. The second kappa shape index (κ2) is 6.23. The summed E-state index contributed by atoms with van der Waals surface area (Å²) in [6.45, 7) is 7.05. The standard InChI is InChI=1S/C13H24N2O4/c1-5-9(15-12(18)19-13(2,3)4)10(16)11(17)14-8-6-7-8/h8-10,16H,5-7H2,1-4H3,(H,14,17)(H,15,18)/t9-,10?/m0/s1. The third-order valence-electron chi connectivity index (χ3n) is 2.72. The van der Waals surface area contributed by atoms with Crippen LogP contribution in [0.25, 0.3) is 0 Å². The van der Waals surface area contributed by atoms with E-state index in [1.165, 1.54) is 0 Å². The van der Waals surface area contributed by atoms with Gasteiger partial charge in [-0.25, -0.2) is 4.79 Å². The van der Waals surface area contributed by atoms with Crippen molar-refractivity contribution in [3.8, 4) is 0 Å². The van der Waals surface area contributed by atoms with Crippen molar-refractivity contribution in [1.29, 1.82) is 0 Å². The first kappa shape index (κ1) is 15.8. The molecule has 6 nitrogen and oxygen atoms in total. The van der Waals surface area contributed by atoms with Crippen LogP contribution in [0.15, 0.2) is 0 Å². The van der Waals surface area contributed by atoms with Crippen LogP contribution in [0, 0.1) is 0 Å². The van der Waals surface area contributed by atoms with E-state index >= 15 is 0 Å². The molecular weight excluding hydrogens is 248 g/mol. The quantitative estimate of drug-likeness (QED) is 0.694. The maximum absolute atomic E-state index is 11.7. The Bertz CT molecular complexity index is 334. The Balaban J connectivity index is 2.46. The van der Waals surface area contributed by atoms with E-state index in [1.807, 2.05) is 0 Å². The number of hydrogen-bond donors (Lipinski definition) is 3. The van der Waals surface area contributed by atoms with Gasteiger partial charge in [-0.1, -0.05) is 6.92 Å². The Hall–Kier alpha value is -1.30. The van der Waals surface area contributed by atoms with Gasteiger partial charge < -0.3 is 20.5 Å². The molecule has 1 saturated carbocycles. The first-order chi connectivity index (χ1) is 8.73. The Kier molecular flexibility index (Phi) is 5.17. The second-order valence-electron chi connectivity index (χ2n) is 5.89. The summed E-state index contributed by atoms with van der Waals surface area (Å²) in [5.74, 6) is -0.439. The van der Waals surface area contributed by atoms with Crippen molar-refractivity contribution < 1.29 is 19.4 Å². The molecule has 0 bridgehead atoms. The third-order valence-corrected chi connectivity index (χ3v) is 2.72. The van der Waals surface area contributed by atoms with Crippen LogP contribution >= 0.6 is 0 Å². The maximum Gasteiger partial charge on any atom is 0.407 e. The zero-order valence-corrected chi connectivity index (χ0v) is 12.0. The Labute approximate surface area is 113 Å². The van der Waals surface area contributed by atoms with E-state index in [1.54, 1.807) is 27.7 Å². The molecule has 110 valence electrons. The lowest BCUT2D eigenvalue weighted by molar-refractivity contribution is -0.130. The third kappa shape index (κ3) is 5.92. The molecule has 1 aliphatic carbocycles. The lowest BCUT2D eigenvalue weighted by Crippen LogP contribution is -2.51. The molecule has 19 heavy (non-hydrogen) atoms. The minimum absolute atomic E-state index is 0.182.